The number of rotatable bonds is 3. The first kappa shape index (κ1) is 12.6. The smallest absolute Gasteiger partial charge is 0.274 e. The van der Waals surface area contributed by atoms with E-state index in [9.17, 15) is 4.79 Å². The number of hydrogen-bond donors (Lipinski definition) is 2. The summed E-state index contributed by atoms with van der Waals surface area (Å²) in [5.74, 6) is 1.01. The predicted molar refractivity (Wildman–Crippen MR) is 76.5 cm³/mol. The van der Waals surface area contributed by atoms with E-state index in [0.717, 1.165) is 17.5 Å². The summed E-state index contributed by atoms with van der Waals surface area (Å²) in [6, 6.07) is 9.34. The molecular weight excluding hydrogens is 254 g/mol. The van der Waals surface area contributed by atoms with Gasteiger partial charge < -0.3 is 5.73 Å². The Labute approximate surface area is 115 Å². The molecule has 102 valence electrons. The van der Waals surface area contributed by atoms with Gasteiger partial charge in [0, 0.05) is 17.3 Å². The Kier molecular flexibility index (Phi) is 3.08. The van der Waals surface area contributed by atoms with Crippen molar-refractivity contribution in [2.75, 3.05) is 6.54 Å². The summed E-state index contributed by atoms with van der Waals surface area (Å²) in [4.78, 5) is 20.5. The van der Waals surface area contributed by atoms with Crippen molar-refractivity contribution in [3.63, 3.8) is 0 Å². The molecule has 2 heterocycles. The fraction of sp³-hybridized carbons (Fsp3) is 0.214. The molecule has 6 nitrogen and oxygen atoms in total. The lowest BCUT2D eigenvalue weighted by Crippen LogP contribution is -2.14. The van der Waals surface area contributed by atoms with Crippen molar-refractivity contribution < 1.29 is 0 Å². The van der Waals surface area contributed by atoms with E-state index in [-0.39, 0.29) is 5.56 Å². The van der Waals surface area contributed by atoms with Crippen LogP contribution in [0.2, 0.25) is 0 Å². The van der Waals surface area contributed by atoms with Crippen molar-refractivity contribution in [3.8, 4) is 11.4 Å². The number of fused-ring (bicyclic) bond motifs is 1. The fourth-order valence-corrected chi connectivity index (χ4v) is 2.24. The zero-order valence-corrected chi connectivity index (χ0v) is 11.1. The van der Waals surface area contributed by atoms with Crippen molar-refractivity contribution in [1.29, 1.82) is 0 Å². The van der Waals surface area contributed by atoms with E-state index in [0.29, 0.717) is 23.8 Å². The summed E-state index contributed by atoms with van der Waals surface area (Å²) in [5.41, 5.74) is 8.16. The maximum atomic E-state index is 11.9. The molecule has 0 aliphatic rings. The van der Waals surface area contributed by atoms with E-state index in [4.69, 9.17) is 5.73 Å². The first-order valence-corrected chi connectivity index (χ1v) is 6.44. The summed E-state index contributed by atoms with van der Waals surface area (Å²) >= 11 is 0. The zero-order valence-electron chi connectivity index (χ0n) is 11.1. The molecule has 0 bridgehead atoms. The van der Waals surface area contributed by atoms with E-state index in [1.807, 2.05) is 24.3 Å². The van der Waals surface area contributed by atoms with Crippen molar-refractivity contribution >= 4 is 5.78 Å². The number of hydrogen-bond acceptors (Lipinski definition) is 4. The third-order valence-corrected chi connectivity index (χ3v) is 3.14. The molecule has 3 N–H and O–H groups in total. The number of H-pyrrole nitrogens is 1. The second-order valence-corrected chi connectivity index (χ2v) is 4.64. The Bertz CT molecular complexity index is 818. The number of nitrogens with one attached hydrogen (secondary N) is 1. The zero-order chi connectivity index (χ0) is 14.1. The normalized spacial score (nSPS) is 11.1. The van der Waals surface area contributed by atoms with Gasteiger partial charge in [-0.15, -0.1) is 0 Å². The van der Waals surface area contributed by atoms with Crippen LogP contribution in [0.5, 0.6) is 0 Å². The second-order valence-electron chi connectivity index (χ2n) is 4.64. The highest BCUT2D eigenvalue weighted by molar-refractivity contribution is 5.61. The Morgan fingerprint density at radius 2 is 2.10 bits per heavy atom. The van der Waals surface area contributed by atoms with Gasteiger partial charge in [-0.1, -0.05) is 24.3 Å². The van der Waals surface area contributed by atoms with Crippen molar-refractivity contribution in [1.82, 2.24) is 19.6 Å². The highest BCUT2D eigenvalue weighted by Gasteiger charge is 2.11. The first-order chi connectivity index (χ1) is 9.69. The minimum absolute atomic E-state index is 0.164. The molecule has 6 heteroatoms. The molecule has 0 aliphatic carbocycles. The quantitative estimate of drug-likeness (QED) is 0.739. The van der Waals surface area contributed by atoms with Crippen molar-refractivity contribution in [2.24, 2.45) is 5.73 Å². The Hall–Kier alpha value is -2.47. The maximum Gasteiger partial charge on any atom is 0.274 e. The summed E-state index contributed by atoms with van der Waals surface area (Å²) in [6.45, 7) is 2.34. The van der Waals surface area contributed by atoms with Crippen LogP contribution in [0.25, 0.3) is 17.2 Å². The van der Waals surface area contributed by atoms with Crippen LogP contribution in [0.3, 0.4) is 0 Å². The van der Waals surface area contributed by atoms with E-state index < -0.39 is 0 Å². The highest BCUT2D eigenvalue weighted by atomic mass is 16.1. The molecule has 20 heavy (non-hydrogen) atoms. The molecular formula is C14H15N5O. The van der Waals surface area contributed by atoms with Gasteiger partial charge in [-0.2, -0.15) is 9.50 Å². The van der Waals surface area contributed by atoms with Crippen LogP contribution in [0.4, 0.5) is 0 Å². The Morgan fingerprint density at radius 3 is 2.90 bits per heavy atom. The fourth-order valence-electron chi connectivity index (χ4n) is 2.24. The molecule has 0 spiro atoms. The summed E-state index contributed by atoms with van der Waals surface area (Å²) in [6.07, 6.45) is 0.759. The van der Waals surface area contributed by atoms with Gasteiger partial charge >= 0.3 is 0 Å². The predicted octanol–water partition coefficient (Wildman–Crippen LogP) is 0.894. The van der Waals surface area contributed by atoms with Crippen LogP contribution in [0.15, 0.2) is 35.1 Å². The van der Waals surface area contributed by atoms with Gasteiger partial charge in [0.1, 0.15) is 0 Å². The largest absolute Gasteiger partial charge is 0.330 e. The number of aromatic nitrogens is 4. The number of aryl methyl sites for hydroxylation is 1. The molecule has 0 amide bonds. The van der Waals surface area contributed by atoms with Crippen LogP contribution in [0, 0.1) is 6.92 Å². The van der Waals surface area contributed by atoms with Crippen molar-refractivity contribution in [3.05, 3.63) is 51.9 Å². The van der Waals surface area contributed by atoms with Gasteiger partial charge in [0.05, 0.1) is 0 Å². The van der Waals surface area contributed by atoms with E-state index >= 15 is 0 Å². The molecule has 3 aromatic rings. The number of nitrogens with zero attached hydrogens (tertiary/aromatic N) is 3. The monoisotopic (exact) mass is 269 g/mol. The van der Waals surface area contributed by atoms with Crippen LogP contribution in [-0.2, 0) is 6.42 Å². The molecule has 0 aliphatic heterocycles. The minimum Gasteiger partial charge on any atom is -0.330 e. The minimum atomic E-state index is -0.164. The third kappa shape index (κ3) is 2.10. The maximum absolute atomic E-state index is 11.9. The van der Waals surface area contributed by atoms with Gasteiger partial charge in [-0.3, -0.25) is 9.89 Å². The summed E-state index contributed by atoms with van der Waals surface area (Å²) in [5, 5.41) is 3.00. The number of aromatic amines is 1. The molecule has 0 radical (unpaired) electrons. The lowest BCUT2D eigenvalue weighted by Gasteiger charge is -2.04. The highest BCUT2D eigenvalue weighted by Crippen LogP contribution is 2.20. The molecule has 0 atom stereocenters. The Balaban J connectivity index is 2.20. The van der Waals surface area contributed by atoms with Crippen LogP contribution in [-0.4, -0.2) is 26.1 Å². The third-order valence-electron chi connectivity index (χ3n) is 3.14. The van der Waals surface area contributed by atoms with E-state index in [1.54, 1.807) is 6.92 Å². The average molecular weight is 269 g/mol. The average Bonchev–Trinajstić information content (AvgIpc) is 2.83. The standard InChI is InChI=1S/C14H15N5O/c1-9-8-12(20)19-14(16-9)17-13(18-19)11-5-3-2-4-10(11)6-7-15/h2-5,8H,6-7,15H2,1H3,(H,16,17,18). The molecule has 1 aromatic carbocycles. The molecule has 2 aromatic heterocycles. The van der Waals surface area contributed by atoms with Crippen LogP contribution < -0.4 is 11.3 Å². The molecule has 0 unspecified atom stereocenters. The number of nitrogens with two attached hydrogens (primary N) is 1. The molecule has 0 fully saturated rings. The molecule has 0 saturated heterocycles. The van der Waals surface area contributed by atoms with Gasteiger partial charge in [0.25, 0.3) is 11.3 Å². The SMILES string of the molecule is Cc1cc(=O)n2[nH]c(-c3ccccc3CCN)nc2n1. The van der Waals surface area contributed by atoms with E-state index in [2.05, 4.69) is 15.1 Å². The van der Waals surface area contributed by atoms with E-state index in [1.165, 1.54) is 10.6 Å². The van der Waals surface area contributed by atoms with Gasteiger partial charge in [-0.05, 0) is 25.5 Å². The summed E-state index contributed by atoms with van der Waals surface area (Å²) < 4.78 is 1.35. The second kappa shape index (κ2) is 4.90. The van der Waals surface area contributed by atoms with Crippen LogP contribution >= 0.6 is 0 Å². The van der Waals surface area contributed by atoms with Gasteiger partial charge in [-0.25, -0.2) is 4.98 Å². The first-order valence-electron chi connectivity index (χ1n) is 6.44. The number of benzene rings is 1. The summed E-state index contributed by atoms with van der Waals surface area (Å²) in [7, 11) is 0. The lowest BCUT2D eigenvalue weighted by molar-refractivity contribution is 0.890. The topological polar surface area (TPSA) is 89.1 Å². The molecule has 0 saturated carbocycles. The van der Waals surface area contributed by atoms with Gasteiger partial charge in [0.15, 0.2) is 5.82 Å². The molecule has 3 rings (SSSR count). The Morgan fingerprint density at radius 1 is 1.30 bits per heavy atom. The lowest BCUT2D eigenvalue weighted by atomic mass is 10.0. The van der Waals surface area contributed by atoms with Crippen LogP contribution in [0.1, 0.15) is 11.3 Å². The van der Waals surface area contributed by atoms with Crippen molar-refractivity contribution in [2.45, 2.75) is 13.3 Å². The van der Waals surface area contributed by atoms with Gasteiger partial charge in [0.2, 0.25) is 0 Å².